The molecule has 24 heavy (non-hydrogen) atoms. The average Bonchev–Trinajstić information content (AvgIpc) is 3.06. The van der Waals surface area contributed by atoms with E-state index in [2.05, 4.69) is 18.2 Å². The maximum Gasteiger partial charge on any atom is 0.227 e. The molecule has 1 aromatic heterocycles. The first-order chi connectivity index (χ1) is 11.8. The van der Waals surface area contributed by atoms with Crippen molar-refractivity contribution in [2.75, 3.05) is 0 Å². The molecule has 0 spiro atoms. The van der Waals surface area contributed by atoms with Crippen molar-refractivity contribution in [1.29, 1.82) is 0 Å². The van der Waals surface area contributed by atoms with Gasteiger partial charge in [0.05, 0.1) is 0 Å². The summed E-state index contributed by atoms with van der Waals surface area (Å²) in [7, 11) is 0. The van der Waals surface area contributed by atoms with Crippen molar-refractivity contribution < 1.29 is 4.42 Å². The fourth-order valence-corrected chi connectivity index (χ4v) is 3.38. The number of hydrogen-bond acceptors (Lipinski definition) is 2. The van der Waals surface area contributed by atoms with Gasteiger partial charge in [-0.15, -0.1) is 0 Å². The standard InChI is InChI=1S/C21H12ClNO/c22-16-10-8-13-6-7-14-9-11-18-20(19(14)17(13)12-16)23-21(24-18)15-4-2-1-3-5-15/h1-12H. The van der Waals surface area contributed by atoms with Crippen LogP contribution in [0.15, 0.2) is 77.2 Å². The molecule has 0 bridgehead atoms. The van der Waals surface area contributed by atoms with Crippen LogP contribution in [0.2, 0.25) is 5.02 Å². The molecular formula is C21H12ClNO. The number of oxazole rings is 1. The normalized spacial score (nSPS) is 11.5. The zero-order valence-electron chi connectivity index (χ0n) is 12.7. The van der Waals surface area contributed by atoms with Crippen LogP contribution < -0.4 is 0 Å². The summed E-state index contributed by atoms with van der Waals surface area (Å²) >= 11 is 6.23. The van der Waals surface area contributed by atoms with Crippen molar-refractivity contribution in [2.45, 2.75) is 0 Å². The lowest BCUT2D eigenvalue weighted by Crippen LogP contribution is -1.81. The van der Waals surface area contributed by atoms with E-state index in [9.17, 15) is 0 Å². The third kappa shape index (κ3) is 2.00. The second kappa shape index (κ2) is 5.08. The third-order valence-corrected chi connectivity index (χ3v) is 4.58. The van der Waals surface area contributed by atoms with Crippen molar-refractivity contribution in [1.82, 2.24) is 4.98 Å². The molecule has 0 aliphatic heterocycles. The highest BCUT2D eigenvalue weighted by atomic mass is 35.5. The molecular weight excluding hydrogens is 318 g/mol. The van der Waals surface area contributed by atoms with Gasteiger partial charge in [0.2, 0.25) is 5.89 Å². The van der Waals surface area contributed by atoms with Gasteiger partial charge in [0.15, 0.2) is 5.58 Å². The molecule has 0 atom stereocenters. The number of benzene rings is 4. The molecule has 0 radical (unpaired) electrons. The van der Waals surface area contributed by atoms with Gasteiger partial charge in [-0.2, -0.15) is 0 Å². The second-order valence-electron chi connectivity index (χ2n) is 5.83. The van der Waals surface area contributed by atoms with E-state index in [1.165, 1.54) is 0 Å². The summed E-state index contributed by atoms with van der Waals surface area (Å²) in [6, 6.07) is 24.2. The molecule has 5 rings (SSSR count). The SMILES string of the molecule is Clc1ccc2ccc3ccc4oc(-c5ccccc5)nc4c3c2c1. The van der Waals surface area contributed by atoms with Gasteiger partial charge in [-0.3, -0.25) is 0 Å². The molecule has 0 aliphatic rings. The van der Waals surface area contributed by atoms with Gasteiger partial charge in [-0.25, -0.2) is 4.98 Å². The molecule has 2 nitrogen and oxygen atoms in total. The maximum atomic E-state index is 6.23. The fourth-order valence-electron chi connectivity index (χ4n) is 3.21. The Bertz CT molecular complexity index is 1210. The molecule has 0 N–H and O–H groups in total. The van der Waals surface area contributed by atoms with E-state index in [1.54, 1.807) is 0 Å². The molecule has 0 saturated carbocycles. The molecule has 0 fully saturated rings. The number of fused-ring (bicyclic) bond motifs is 5. The molecule has 3 heteroatoms. The van der Waals surface area contributed by atoms with Gasteiger partial charge >= 0.3 is 0 Å². The predicted octanol–water partition coefficient (Wildman–Crippen LogP) is 6.45. The third-order valence-electron chi connectivity index (χ3n) is 4.34. The number of nitrogens with zero attached hydrogens (tertiary/aromatic N) is 1. The number of hydrogen-bond donors (Lipinski definition) is 0. The Morgan fingerprint density at radius 2 is 1.54 bits per heavy atom. The fraction of sp³-hybridized carbons (Fsp3) is 0. The summed E-state index contributed by atoms with van der Waals surface area (Å²) < 4.78 is 6.00. The molecule has 0 aliphatic carbocycles. The van der Waals surface area contributed by atoms with Gasteiger partial charge in [0, 0.05) is 16.0 Å². The van der Waals surface area contributed by atoms with E-state index in [0.29, 0.717) is 5.89 Å². The van der Waals surface area contributed by atoms with E-state index in [1.807, 2.05) is 54.6 Å². The highest BCUT2D eigenvalue weighted by Gasteiger charge is 2.13. The van der Waals surface area contributed by atoms with E-state index in [0.717, 1.165) is 43.2 Å². The molecule has 0 saturated heterocycles. The lowest BCUT2D eigenvalue weighted by molar-refractivity contribution is 0.620. The van der Waals surface area contributed by atoms with Gasteiger partial charge in [0.1, 0.15) is 5.52 Å². The van der Waals surface area contributed by atoms with Gasteiger partial charge in [-0.05, 0) is 46.5 Å². The molecule has 114 valence electrons. The Balaban J connectivity index is 1.92. The minimum absolute atomic E-state index is 0.636. The van der Waals surface area contributed by atoms with Crippen LogP contribution in [0.5, 0.6) is 0 Å². The summed E-state index contributed by atoms with van der Waals surface area (Å²) in [6.45, 7) is 0. The Hall–Kier alpha value is -2.84. The number of halogens is 1. The van der Waals surface area contributed by atoms with Crippen molar-refractivity contribution in [3.63, 3.8) is 0 Å². The Morgan fingerprint density at radius 1 is 0.792 bits per heavy atom. The summed E-state index contributed by atoms with van der Waals surface area (Å²) in [5.74, 6) is 0.636. The Morgan fingerprint density at radius 3 is 2.42 bits per heavy atom. The summed E-state index contributed by atoms with van der Waals surface area (Å²) in [4.78, 5) is 4.78. The smallest absolute Gasteiger partial charge is 0.227 e. The van der Waals surface area contributed by atoms with E-state index >= 15 is 0 Å². The molecule has 4 aromatic carbocycles. The first kappa shape index (κ1) is 13.6. The van der Waals surface area contributed by atoms with Crippen LogP contribution in [0.3, 0.4) is 0 Å². The summed E-state index contributed by atoms with van der Waals surface area (Å²) in [5, 5.41) is 5.17. The van der Waals surface area contributed by atoms with Crippen LogP contribution in [-0.2, 0) is 0 Å². The van der Waals surface area contributed by atoms with Crippen molar-refractivity contribution in [3.8, 4) is 11.5 Å². The number of aromatic nitrogens is 1. The minimum Gasteiger partial charge on any atom is -0.436 e. The zero-order chi connectivity index (χ0) is 16.1. The van der Waals surface area contributed by atoms with Crippen molar-refractivity contribution in [3.05, 3.63) is 77.8 Å². The van der Waals surface area contributed by atoms with Gasteiger partial charge < -0.3 is 4.42 Å². The van der Waals surface area contributed by atoms with Crippen LogP contribution in [-0.4, -0.2) is 4.98 Å². The summed E-state index contributed by atoms with van der Waals surface area (Å²) in [5.41, 5.74) is 2.63. The minimum atomic E-state index is 0.636. The van der Waals surface area contributed by atoms with E-state index in [4.69, 9.17) is 21.0 Å². The quantitative estimate of drug-likeness (QED) is 0.330. The molecule has 0 unspecified atom stereocenters. The molecule has 5 aromatic rings. The second-order valence-corrected chi connectivity index (χ2v) is 6.26. The monoisotopic (exact) mass is 329 g/mol. The van der Waals surface area contributed by atoms with Crippen LogP contribution in [0.25, 0.3) is 44.1 Å². The predicted molar refractivity (Wildman–Crippen MR) is 99.5 cm³/mol. The highest BCUT2D eigenvalue weighted by molar-refractivity contribution is 6.32. The first-order valence-electron chi connectivity index (χ1n) is 7.76. The Kier molecular flexibility index (Phi) is 2.88. The first-order valence-corrected chi connectivity index (χ1v) is 8.14. The zero-order valence-corrected chi connectivity index (χ0v) is 13.4. The Labute approximate surface area is 143 Å². The topological polar surface area (TPSA) is 26.0 Å². The van der Waals surface area contributed by atoms with Crippen molar-refractivity contribution in [2.24, 2.45) is 0 Å². The van der Waals surface area contributed by atoms with E-state index < -0.39 is 0 Å². The van der Waals surface area contributed by atoms with Crippen LogP contribution in [0.1, 0.15) is 0 Å². The number of rotatable bonds is 1. The molecule has 0 amide bonds. The van der Waals surface area contributed by atoms with E-state index in [-0.39, 0.29) is 0 Å². The van der Waals surface area contributed by atoms with Crippen LogP contribution in [0, 0.1) is 0 Å². The largest absolute Gasteiger partial charge is 0.436 e. The van der Waals surface area contributed by atoms with Gasteiger partial charge in [0.25, 0.3) is 0 Å². The van der Waals surface area contributed by atoms with Crippen LogP contribution >= 0.6 is 11.6 Å². The average molecular weight is 330 g/mol. The van der Waals surface area contributed by atoms with Crippen LogP contribution in [0.4, 0.5) is 0 Å². The lowest BCUT2D eigenvalue weighted by Gasteiger charge is -2.04. The molecule has 1 heterocycles. The van der Waals surface area contributed by atoms with Gasteiger partial charge in [-0.1, -0.05) is 54.1 Å². The highest BCUT2D eigenvalue weighted by Crippen LogP contribution is 2.35. The summed E-state index contributed by atoms with van der Waals surface area (Å²) in [6.07, 6.45) is 0. The maximum absolute atomic E-state index is 6.23. The van der Waals surface area contributed by atoms with Crippen molar-refractivity contribution >= 4 is 44.2 Å². The lowest BCUT2D eigenvalue weighted by atomic mass is 10.0.